The van der Waals surface area contributed by atoms with Crippen molar-refractivity contribution in [1.29, 1.82) is 0 Å². The van der Waals surface area contributed by atoms with Gasteiger partial charge in [0.15, 0.2) is 5.82 Å². The molecule has 0 saturated heterocycles. The Balaban J connectivity index is 3.08. The smallest absolute Gasteiger partial charge is 0.254 e. The van der Waals surface area contributed by atoms with Gasteiger partial charge < -0.3 is 10.1 Å². The van der Waals surface area contributed by atoms with Crippen molar-refractivity contribution in [3.8, 4) is 0 Å². The van der Waals surface area contributed by atoms with Gasteiger partial charge in [-0.25, -0.2) is 22.3 Å². The maximum absolute atomic E-state index is 14.0. The molecule has 0 aromatic heterocycles. The number of carbonyl (C=O) groups is 1. The molecule has 0 saturated carbocycles. The lowest BCUT2D eigenvalue weighted by atomic mass is 10.2. The SMILES string of the molecule is CCOCC(C)NC(=O)c1cc(F)cc(S(N)(=O)=O)c1F. The molecule has 1 aromatic carbocycles. The molecule has 0 heterocycles. The zero-order valence-electron chi connectivity index (χ0n) is 11.5. The summed E-state index contributed by atoms with van der Waals surface area (Å²) < 4.78 is 54.7. The van der Waals surface area contributed by atoms with Crippen LogP contribution in [-0.4, -0.2) is 33.6 Å². The van der Waals surface area contributed by atoms with Gasteiger partial charge in [0.25, 0.3) is 5.91 Å². The molecule has 0 spiro atoms. The maximum Gasteiger partial charge on any atom is 0.254 e. The number of primary sulfonamides is 1. The summed E-state index contributed by atoms with van der Waals surface area (Å²) in [5.74, 6) is -3.42. The Hall–Kier alpha value is -1.58. The second kappa shape index (κ2) is 6.92. The van der Waals surface area contributed by atoms with Crippen molar-refractivity contribution in [2.24, 2.45) is 5.14 Å². The fraction of sp³-hybridized carbons (Fsp3) is 0.417. The van der Waals surface area contributed by atoms with Crippen LogP contribution in [0.1, 0.15) is 24.2 Å². The number of amides is 1. The summed E-state index contributed by atoms with van der Waals surface area (Å²) in [4.78, 5) is 10.8. The molecular weight excluding hydrogens is 306 g/mol. The quantitative estimate of drug-likeness (QED) is 0.808. The largest absolute Gasteiger partial charge is 0.380 e. The highest BCUT2D eigenvalue weighted by Gasteiger charge is 2.24. The molecule has 0 aliphatic heterocycles. The van der Waals surface area contributed by atoms with Gasteiger partial charge in [0.1, 0.15) is 10.7 Å². The predicted molar refractivity (Wildman–Crippen MR) is 71.2 cm³/mol. The lowest BCUT2D eigenvalue weighted by molar-refractivity contribution is 0.0867. The number of nitrogens with two attached hydrogens (primary N) is 1. The van der Waals surface area contributed by atoms with E-state index in [0.29, 0.717) is 18.7 Å². The monoisotopic (exact) mass is 322 g/mol. The molecule has 9 heteroatoms. The van der Waals surface area contributed by atoms with Crippen LogP contribution < -0.4 is 10.5 Å². The summed E-state index contributed by atoms with van der Waals surface area (Å²) in [6.45, 7) is 3.98. The zero-order valence-corrected chi connectivity index (χ0v) is 12.3. The van der Waals surface area contributed by atoms with E-state index >= 15 is 0 Å². The van der Waals surface area contributed by atoms with Crippen LogP contribution in [-0.2, 0) is 14.8 Å². The molecule has 1 unspecified atom stereocenters. The molecule has 1 atom stereocenters. The van der Waals surface area contributed by atoms with Crippen LogP contribution in [0, 0.1) is 11.6 Å². The summed E-state index contributed by atoms with van der Waals surface area (Å²) in [5, 5.41) is 7.15. The first-order valence-electron chi connectivity index (χ1n) is 6.07. The third-order valence-corrected chi connectivity index (χ3v) is 3.41. The van der Waals surface area contributed by atoms with E-state index in [1.165, 1.54) is 0 Å². The topological polar surface area (TPSA) is 98.5 Å². The molecule has 6 nitrogen and oxygen atoms in total. The minimum Gasteiger partial charge on any atom is -0.380 e. The lowest BCUT2D eigenvalue weighted by Gasteiger charge is -2.14. The fourth-order valence-electron chi connectivity index (χ4n) is 1.57. The van der Waals surface area contributed by atoms with Gasteiger partial charge in [0, 0.05) is 12.6 Å². The van der Waals surface area contributed by atoms with Crippen LogP contribution in [0.2, 0.25) is 0 Å². The Bertz CT molecular complexity index is 634. The number of nitrogens with one attached hydrogen (secondary N) is 1. The van der Waals surface area contributed by atoms with Crippen molar-refractivity contribution in [1.82, 2.24) is 5.32 Å². The summed E-state index contributed by atoms with van der Waals surface area (Å²) in [6.07, 6.45) is 0. The zero-order chi connectivity index (χ0) is 16.2. The minimum atomic E-state index is -4.47. The fourth-order valence-corrected chi connectivity index (χ4v) is 2.21. The van der Waals surface area contributed by atoms with Crippen LogP contribution in [0.3, 0.4) is 0 Å². The molecule has 1 rings (SSSR count). The number of rotatable bonds is 6. The average Bonchev–Trinajstić information content (AvgIpc) is 2.37. The Kier molecular flexibility index (Phi) is 5.76. The Morgan fingerprint density at radius 1 is 1.43 bits per heavy atom. The number of hydrogen-bond acceptors (Lipinski definition) is 4. The van der Waals surface area contributed by atoms with Gasteiger partial charge in [0.2, 0.25) is 10.0 Å². The highest BCUT2D eigenvalue weighted by atomic mass is 32.2. The van der Waals surface area contributed by atoms with Crippen molar-refractivity contribution >= 4 is 15.9 Å². The first-order valence-corrected chi connectivity index (χ1v) is 7.61. The normalized spacial score (nSPS) is 13.0. The Morgan fingerprint density at radius 2 is 2.05 bits per heavy atom. The van der Waals surface area contributed by atoms with Crippen LogP contribution >= 0.6 is 0 Å². The molecule has 0 aliphatic carbocycles. The number of halogens is 2. The van der Waals surface area contributed by atoms with E-state index in [0.717, 1.165) is 0 Å². The molecule has 1 aromatic rings. The number of ether oxygens (including phenoxy) is 1. The first-order chi connectivity index (χ1) is 9.66. The summed E-state index contributed by atoms with van der Waals surface area (Å²) >= 11 is 0. The molecule has 118 valence electrons. The standard InChI is InChI=1S/C12H16F2N2O4S/c1-3-20-6-7(2)16-12(17)9-4-8(13)5-10(11(9)14)21(15,18)19/h4-5,7H,3,6H2,1-2H3,(H,16,17)(H2,15,18,19). The minimum absolute atomic E-state index is 0.182. The van der Waals surface area contributed by atoms with E-state index < -0.39 is 44.1 Å². The van der Waals surface area contributed by atoms with Crippen LogP contribution in [0.15, 0.2) is 17.0 Å². The van der Waals surface area contributed by atoms with Gasteiger partial charge in [-0.1, -0.05) is 0 Å². The summed E-state index contributed by atoms with van der Waals surface area (Å²) in [6, 6.07) is 0.565. The maximum atomic E-state index is 14.0. The second-order valence-electron chi connectivity index (χ2n) is 4.34. The highest BCUT2D eigenvalue weighted by Crippen LogP contribution is 2.19. The number of hydrogen-bond donors (Lipinski definition) is 2. The molecule has 21 heavy (non-hydrogen) atoms. The van der Waals surface area contributed by atoms with Crippen molar-refractivity contribution in [2.75, 3.05) is 13.2 Å². The van der Waals surface area contributed by atoms with Gasteiger partial charge in [-0.3, -0.25) is 4.79 Å². The van der Waals surface area contributed by atoms with Gasteiger partial charge in [0.05, 0.1) is 12.2 Å². The molecule has 3 N–H and O–H groups in total. The van der Waals surface area contributed by atoms with E-state index in [1.54, 1.807) is 13.8 Å². The molecule has 0 fully saturated rings. The number of benzene rings is 1. The Morgan fingerprint density at radius 3 is 2.57 bits per heavy atom. The lowest BCUT2D eigenvalue weighted by Crippen LogP contribution is -2.36. The van der Waals surface area contributed by atoms with Crippen molar-refractivity contribution < 1.29 is 26.7 Å². The van der Waals surface area contributed by atoms with Crippen LogP contribution in [0.25, 0.3) is 0 Å². The molecule has 1 amide bonds. The van der Waals surface area contributed by atoms with Gasteiger partial charge in [-0.2, -0.15) is 0 Å². The second-order valence-corrected chi connectivity index (χ2v) is 5.87. The summed E-state index contributed by atoms with van der Waals surface area (Å²) in [5.41, 5.74) is -0.734. The predicted octanol–water partition coefficient (Wildman–Crippen LogP) is 0.767. The van der Waals surface area contributed by atoms with Gasteiger partial charge in [-0.15, -0.1) is 0 Å². The first kappa shape index (κ1) is 17.5. The number of sulfonamides is 1. The third kappa shape index (κ3) is 4.73. The van der Waals surface area contributed by atoms with E-state index in [9.17, 15) is 22.0 Å². The molecule has 0 aliphatic rings. The van der Waals surface area contributed by atoms with Gasteiger partial charge in [-0.05, 0) is 26.0 Å². The van der Waals surface area contributed by atoms with E-state index in [1.807, 2.05) is 0 Å². The van der Waals surface area contributed by atoms with Crippen LogP contribution in [0.5, 0.6) is 0 Å². The third-order valence-electron chi connectivity index (χ3n) is 2.50. The summed E-state index contributed by atoms with van der Waals surface area (Å²) in [7, 11) is -4.47. The number of carbonyl (C=O) groups excluding carboxylic acids is 1. The Labute approximate surface area is 121 Å². The molecule has 0 radical (unpaired) electrons. The van der Waals surface area contributed by atoms with Crippen LogP contribution in [0.4, 0.5) is 8.78 Å². The van der Waals surface area contributed by atoms with Gasteiger partial charge >= 0.3 is 0 Å². The van der Waals surface area contributed by atoms with Crippen molar-refractivity contribution in [3.05, 3.63) is 29.3 Å². The molecular formula is C12H16F2N2O4S. The van der Waals surface area contributed by atoms with E-state index in [-0.39, 0.29) is 6.61 Å². The molecule has 0 bridgehead atoms. The highest BCUT2D eigenvalue weighted by molar-refractivity contribution is 7.89. The van der Waals surface area contributed by atoms with Crippen molar-refractivity contribution in [2.45, 2.75) is 24.8 Å². The van der Waals surface area contributed by atoms with E-state index in [2.05, 4.69) is 5.32 Å². The average molecular weight is 322 g/mol. The van der Waals surface area contributed by atoms with E-state index in [4.69, 9.17) is 9.88 Å². The van der Waals surface area contributed by atoms with Crippen molar-refractivity contribution in [3.63, 3.8) is 0 Å².